The number of pyridine rings is 3. The Labute approximate surface area is 686 Å². The third-order valence-electron chi connectivity index (χ3n) is 20.8. The number of rotatable bonds is 20. The lowest BCUT2D eigenvalue weighted by Gasteiger charge is -2.38. The second-order valence-corrected chi connectivity index (χ2v) is 29.6. The predicted octanol–water partition coefficient (Wildman–Crippen LogP) is 14.9. The number of aromatic amines is 1. The average molecular weight is 1640 g/mol. The van der Waals surface area contributed by atoms with Crippen molar-refractivity contribution in [2.75, 3.05) is 123 Å². The van der Waals surface area contributed by atoms with Gasteiger partial charge in [-0.15, -0.1) is 12.4 Å². The number of anilines is 9. The van der Waals surface area contributed by atoms with E-state index in [1.165, 1.54) is 21.4 Å². The first-order valence-electron chi connectivity index (χ1n) is 39.4. The molecule has 12 heterocycles. The number of hydrogen-bond donors (Lipinski definition) is 5. The van der Waals surface area contributed by atoms with Gasteiger partial charge < -0.3 is 64.6 Å². The fourth-order valence-electron chi connectivity index (χ4n) is 14.9. The Morgan fingerprint density at radius 2 is 0.822 bits per heavy atom. The van der Waals surface area contributed by atoms with Gasteiger partial charge in [0.15, 0.2) is 17.5 Å². The first-order chi connectivity index (χ1) is 56.8. The van der Waals surface area contributed by atoms with Crippen molar-refractivity contribution >= 4 is 64.4 Å². The highest BCUT2D eigenvalue weighted by atomic mass is 35.5. The third kappa shape index (κ3) is 21.9. The summed E-state index contributed by atoms with van der Waals surface area (Å²) < 4.78 is 107. The zero-order valence-corrected chi connectivity index (χ0v) is 66.4. The van der Waals surface area contributed by atoms with E-state index in [2.05, 4.69) is 83.8 Å². The van der Waals surface area contributed by atoms with Crippen LogP contribution < -0.4 is 51.0 Å². The molecule has 0 saturated carbocycles. The predicted molar refractivity (Wildman–Crippen MR) is 445 cm³/mol. The van der Waals surface area contributed by atoms with Gasteiger partial charge in [0, 0.05) is 121 Å². The van der Waals surface area contributed by atoms with Crippen LogP contribution in [0.3, 0.4) is 0 Å². The molecule has 5 N–H and O–H groups in total. The Morgan fingerprint density at radius 1 is 0.432 bits per heavy atom. The highest BCUT2D eigenvalue weighted by Crippen LogP contribution is 2.37. The van der Waals surface area contributed by atoms with Crippen molar-refractivity contribution in [3.05, 3.63) is 243 Å². The highest BCUT2D eigenvalue weighted by molar-refractivity contribution is 5.85. The summed E-state index contributed by atoms with van der Waals surface area (Å²) in [5.74, 6) is 7.35. The summed E-state index contributed by atoms with van der Waals surface area (Å²) >= 11 is 0. The summed E-state index contributed by atoms with van der Waals surface area (Å²) in [6.45, 7) is 13.8. The van der Waals surface area contributed by atoms with Crippen LogP contribution in [0, 0.1) is 0 Å². The smallest absolute Gasteiger partial charge is 0.401 e. The van der Waals surface area contributed by atoms with Crippen LogP contribution in [-0.4, -0.2) is 177 Å². The number of alkyl halides is 6. The zero-order valence-electron chi connectivity index (χ0n) is 65.6. The maximum atomic E-state index is 13.2. The van der Waals surface area contributed by atoms with Crippen LogP contribution in [0.4, 0.5) is 78.3 Å². The summed E-state index contributed by atoms with van der Waals surface area (Å²) in [5.41, 5.74) is 12.4. The maximum absolute atomic E-state index is 13.2. The summed E-state index contributed by atoms with van der Waals surface area (Å²) in [4.78, 5) is 62.4. The molecule has 24 nitrogen and oxygen atoms in total. The van der Waals surface area contributed by atoms with Crippen LogP contribution in [0.2, 0.25) is 0 Å². The number of aromatic nitrogens is 9. The monoisotopic (exact) mass is 1630 g/mol. The molecule has 0 radical (unpaired) electrons. The van der Waals surface area contributed by atoms with E-state index >= 15 is 0 Å². The topological polar surface area (TPSA) is 246 Å². The summed E-state index contributed by atoms with van der Waals surface area (Å²) in [5, 5.41) is 13.3. The van der Waals surface area contributed by atoms with E-state index in [9.17, 15) is 31.1 Å². The first kappa shape index (κ1) is 83.1. The molecule has 17 rings (SSSR count). The number of hydrogen-bond acceptors (Lipinski definition) is 23. The van der Waals surface area contributed by atoms with Crippen molar-refractivity contribution in [3.63, 3.8) is 0 Å². The van der Waals surface area contributed by atoms with E-state index in [1.807, 2.05) is 158 Å². The molecule has 0 aliphatic carbocycles. The van der Waals surface area contributed by atoms with Crippen LogP contribution >= 0.6 is 12.4 Å². The molecule has 3 atom stereocenters. The van der Waals surface area contributed by atoms with E-state index in [4.69, 9.17) is 53.6 Å². The Morgan fingerprint density at radius 3 is 1.22 bits per heavy atom. The molecule has 0 spiro atoms. The summed E-state index contributed by atoms with van der Waals surface area (Å²) in [6, 6.07) is 59.8. The normalized spacial score (nSPS) is 17.5. The minimum Gasteiger partial charge on any atom is -0.473 e. The number of ether oxygens (including phenoxy) is 5. The van der Waals surface area contributed by atoms with Gasteiger partial charge in [-0.25, -0.2) is 29.9 Å². The minimum atomic E-state index is -4.26. The van der Waals surface area contributed by atoms with Gasteiger partial charge in [0.1, 0.15) is 48.1 Å². The van der Waals surface area contributed by atoms with Crippen molar-refractivity contribution in [1.82, 2.24) is 60.0 Å². The molecule has 616 valence electrons. The average Bonchev–Trinajstić information content (AvgIpc) is 0.753. The second-order valence-electron chi connectivity index (χ2n) is 29.6. The number of nitrogens with one attached hydrogen (secondary N) is 5. The van der Waals surface area contributed by atoms with E-state index < -0.39 is 25.4 Å². The van der Waals surface area contributed by atoms with Gasteiger partial charge in [-0.2, -0.15) is 36.3 Å². The van der Waals surface area contributed by atoms with Crippen molar-refractivity contribution in [3.8, 4) is 45.9 Å². The van der Waals surface area contributed by atoms with Gasteiger partial charge in [-0.3, -0.25) is 14.6 Å². The molecule has 6 aliphatic rings. The number of H-pyrrole nitrogens is 1. The second kappa shape index (κ2) is 38.4. The fraction of sp³-hybridized carbons (Fsp3) is 0.345. The van der Waals surface area contributed by atoms with Crippen LogP contribution in [0.1, 0.15) is 65.7 Å². The molecule has 3 saturated heterocycles. The van der Waals surface area contributed by atoms with Crippen molar-refractivity contribution in [2.45, 2.75) is 103 Å². The van der Waals surface area contributed by atoms with E-state index in [0.717, 1.165) is 130 Å². The molecule has 0 amide bonds. The van der Waals surface area contributed by atoms with Crippen LogP contribution in [0.5, 0.6) is 11.8 Å². The molecule has 11 aromatic rings. The lowest BCUT2D eigenvalue weighted by atomic mass is 10.0. The van der Waals surface area contributed by atoms with Crippen molar-refractivity contribution < 1.29 is 50.0 Å². The SMILES string of the molecule is C[C@H]1COCCN1c1nc(-c2ccc(Nc3cccc(=O)[nH]3)cc2)nc2c1CCN(CC(F)(F)F)C2.C[C@H]1COCCN1c1nc(-c2ccc(Nc3cccc(OCc4ccccc4)n3)cc2)nc2c1CCN(CC(F)(F)F)C2.C[C@H]1COCCN1c1nc(-c2ccc(Nc3cccc(OCc4ccccc4)n3)cc2)nc2c1CCNC2.Cl. The minimum absolute atomic E-state index is 0. The molecule has 6 aromatic heterocycles. The number of benzene rings is 5. The Bertz CT molecular complexity index is 5220. The lowest BCUT2D eigenvalue weighted by molar-refractivity contribution is -0.148. The molecule has 3 fully saturated rings. The third-order valence-corrected chi connectivity index (χ3v) is 20.8. The van der Waals surface area contributed by atoms with Crippen LogP contribution in [0.25, 0.3) is 34.2 Å². The quantitative estimate of drug-likeness (QED) is 0.0445. The van der Waals surface area contributed by atoms with Crippen molar-refractivity contribution in [2.24, 2.45) is 0 Å². The van der Waals surface area contributed by atoms with Gasteiger partial charge >= 0.3 is 12.4 Å². The van der Waals surface area contributed by atoms with Crippen molar-refractivity contribution in [1.29, 1.82) is 0 Å². The van der Waals surface area contributed by atoms with Gasteiger partial charge in [-0.05, 0) is 149 Å². The number of fused-ring (bicyclic) bond motifs is 3. The van der Waals surface area contributed by atoms with E-state index in [0.29, 0.717) is 125 Å². The largest absolute Gasteiger partial charge is 0.473 e. The number of nitrogens with zero attached hydrogens (tertiary/aromatic N) is 13. The molecule has 0 unspecified atom stereocenters. The zero-order chi connectivity index (χ0) is 80.8. The molecule has 6 aliphatic heterocycles. The molecule has 118 heavy (non-hydrogen) atoms. The number of morpholine rings is 3. The maximum Gasteiger partial charge on any atom is 0.401 e. The molecular formula is C87H93ClF6N18O6. The molecule has 0 bridgehead atoms. The lowest BCUT2D eigenvalue weighted by Crippen LogP contribution is -2.46. The molecule has 5 aromatic carbocycles. The number of halogens is 7. The van der Waals surface area contributed by atoms with E-state index in [-0.39, 0.29) is 49.2 Å². The molecule has 31 heteroatoms. The van der Waals surface area contributed by atoms with Gasteiger partial charge in [0.2, 0.25) is 17.3 Å². The summed E-state index contributed by atoms with van der Waals surface area (Å²) in [6.07, 6.45) is -6.65. The van der Waals surface area contributed by atoms with Gasteiger partial charge in [0.05, 0.1) is 87.9 Å². The van der Waals surface area contributed by atoms with Crippen LogP contribution in [-0.2, 0) is 66.3 Å². The Hall–Kier alpha value is -11.4. The standard InChI is InChI=1S/C32H33F3N6O2.C30H32N6O2.C25H27F3N6O2.ClH/c1-22-19-42-17-16-41(22)31-26-14-15-40(21-32(33,34)35)18-27(26)37-30(39-31)24-10-12-25(13-11-24)36-28-8-5-9-29(38-28)43-20-23-6-3-2-4-7-23;1-21-19-37-17-16-36(21)30-25-14-15-31-18-26(25)33-29(35-30)23-10-12-24(13-11-23)32-27-8-5-9-28(34-27)38-20-22-6-3-2-4-7-22;1-16-14-36-12-11-34(16)24-19-9-10-33(15-25(26,27)28)13-20(19)30-23(32-24)17-5-7-18(8-6-17)29-21-3-2-4-22(35)31-21;/h2-13,22H,14-21H2,1H3,(H,36,38);2-13,21,31H,14-20H2,1H3,(H,32,34);2-8,16H,9-15H2,1H3,(H2,29,31,35);1H/t22-;21-;16-;/m000./s1. The van der Waals surface area contributed by atoms with Crippen LogP contribution in [0.15, 0.2) is 193 Å². The van der Waals surface area contributed by atoms with Gasteiger partial charge in [0.25, 0.3) is 0 Å². The highest BCUT2D eigenvalue weighted by Gasteiger charge is 2.38. The fourth-order valence-corrected chi connectivity index (χ4v) is 14.9. The Balaban J connectivity index is 0.000000145. The Kier molecular flexibility index (Phi) is 27.0. The first-order valence-corrected chi connectivity index (χ1v) is 39.4. The van der Waals surface area contributed by atoms with E-state index in [1.54, 1.807) is 12.1 Å². The molecular weight excluding hydrogens is 1540 g/mol. The van der Waals surface area contributed by atoms with Gasteiger partial charge in [-0.1, -0.05) is 78.9 Å². The summed E-state index contributed by atoms with van der Waals surface area (Å²) in [7, 11) is 0.